The van der Waals surface area contributed by atoms with Crippen molar-refractivity contribution < 1.29 is 32.7 Å². The van der Waals surface area contributed by atoms with Gasteiger partial charge in [0.2, 0.25) is 5.54 Å². The normalized spacial score (nSPS) is 14.1. The summed E-state index contributed by atoms with van der Waals surface area (Å²) in [6.45, 7) is 0.374. The Balaban J connectivity index is 3.42. The molecule has 0 aliphatic carbocycles. The van der Waals surface area contributed by atoms with Gasteiger partial charge < -0.3 is 15.2 Å². The minimum Gasteiger partial charge on any atom is -0.490 e. The topological polar surface area (TPSA) is 102 Å². The number of hydrogen-bond donors (Lipinski definition) is 2. The minimum atomic E-state index is -5.17. The summed E-state index contributed by atoms with van der Waals surface area (Å²) >= 11 is 0. The van der Waals surface area contributed by atoms with Crippen LogP contribution in [0.4, 0.5) is 24.5 Å². The van der Waals surface area contributed by atoms with Gasteiger partial charge in [0.1, 0.15) is 5.69 Å². The first kappa shape index (κ1) is 16.5. The highest BCUT2D eigenvalue weighted by Gasteiger charge is 2.58. The van der Waals surface area contributed by atoms with Gasteiger partial charge in [0, 0.05) is 0 Å². The number of aliphatic carboxylic acids is 1. The number of nitrogens with zero attached hydrogens (tertiary/aromatic N) is 1. The summed E-state index contributed by atoms with van der Waals surface area (Å²) in [6, 6.07) is 3.34. The summed E-state index contributed by atoms with van der Waals surface area (Å²) in [5.41, 5.74) is -4.78. The third kappa shape index (κ3) is 2.98. The van der Waals surface area contributed by atoms with Crippen molar-refractivity contribution in [2.75, 3.05) is 12.4 Å². The molecular weight excluding hydrogens is 297 g/mol. The van der Waals surface area contributed by atoms with E-state index in [1.54, 1.807) is 5.32 Å². The van der Waals surface area contributed by atoms with E-state index >= 15 is 0 Å². The van der Waals surface area contributed by atoms with Crippen molar-refractivity contribution in [3.63, 3.8) is 0 Å². The number of carbonyl (C=O) groups is 1. The molecule has 0 spiro atoms. The highest BCUT2D eigenvalue weighted by Crippen LogP contribution is 2.40. The van der Waals surface area contributed by atoms with E-state index < -0.39 is 34.0 Å². The van der Waals surface area contributed by atoms with Crippen LogP contribution < -0.4 is 10.1 Å². The zero-order valence-electron chi connectivity index (χ0n) is 10.9. The van der Waals surface area contributed by atoms with Crippen LogP contribution in [0.25, 0.3) is 0 Å². The van der Waals surface area contributed by atoms with Gasteiger partial charge in [-0.3, -0.25) is 10.1 Å². The van der Waals surface area contributed by atoms with Gasteiger partial charge in [0.05, 0.1) is 12.0 Å². The molecule has 116 valence electrons. The molecule has 1 rings (SSSR count). The number of rotatable bonds is 5. The fourth-order valence-electron chi connectivity index (χ4n) is 1.49. The molecule has 1 unspecified atom stereocenters. The first-order valence-corrected chi connectivity index (χ1v) is 5.44. The molecule has 1 aromatic carbocycles. The van der Waals surface area contributed by atoms with E-state index in [1.807, 2.05) is 0 Å². The van der Waals surface area contributed by atoms with Crippen molar-refractivity contribution in [3.05, 3.63) is 28.3 Å². The van der Waals surface area contributed by atoms with Crippen molar-refractivity contribution in [1.29, 1.82) is 0 Å². The van der Waals surface area contributed by atoms with E-state index in [0.29, 0.717) is 6.92 Å². The summed E-state index contributed by atoms with van der Waals surface area (Å²) in [7, 11) is 1.10. The van der Waals surface area contributed by atoms with Gasteiger partial charge in [-0.2, -0.15) is 13.2 Å². The van der Waals surface area contributed by atoms with Crippen LogP contribution in [0, 0.1) is 10.1 Å². The zero-order chi connectivity index (χ0) is 16.4. The van der Waals surface area contributed by atoms with Gasteiger partial charge in [0.15, 0.2) is 5.75 Å². The lowest BCUT2D eigenvalue weighted by Gasteiger charge is -2.29. The Hall–Kier alpha value is -2.52. The molecule has 2 N–H and O–H groups in total. The molecule has 0 bridgehead atoms. The van der Waals surface area contributed by atoms with Gasteiger partial charge >= 0.3 is 17.8 Å². The summed E-state index contributed by atoms with van der Waals surface area (Å²) in [5, 5.41) is 21.4. The fraction of sp³-hybridized carbons (Fsp3) is 0.364. The van der Waals surface area contributed by atoms with Crippen molar-refractivity contribution >= 4 is 17.3 Å². The van der Waals surface area contributed by atoms with Gasteiger partial charge in [-0.05, 0) is 19.1 Å². The Morgan fingerprint density at radius 3 is 2.38 bits per heavy atom. The number of para-hydroxylation sites is 1. The molecule has 10 heteroatoms. The molecule has 0 aromatic heterocycles. The van der Waals surface area contributed by atoms with Gasteiger partial charge in [-0.1, -0.05) is 6.07 Å². The molecule has 0 fully saturated rings. The third-order valence-electron chi connectivity index (χ3n) is 2.78. The standard InChI is InChI=1S/C11H11F3N2O5/c1-10(9(17)18,11(12,13)14)15-6-4-3-5-7(21-2)8(6)16(19)20/h3-5,15H,1-2H3,(H,17,18). The molecule has 21 heavy (non-hydrogen) atoms. The van der Waals surface area contributed by atoms with E-state index in [0.717, 1.165) is 13.2 Å². The van der Waals surface area contributed by atoms with E-state index in [2.05, 4.69) is 0 Å². The van der Waals surface area contributed by atoms with Crippen LogP contribution in [-0.4, -0.2) is 34.8 Å². The molecule has 0 heterocycles. The zero-order valence-corrected chi connectivity index (χ0v) is 10.9. The largest absolute Gasteiger partial charge is 0.490 e. The predicted molar refractivity (Wildman–Crippen MR) is 65.4 cm³/mol. The number of nitrogens with one attached hydrogen (secondary N) is 1. The number of methoxy groups -OCH3 is 1. The van der Waals surface area contributed by atoms with Crippen LogP contribution in [-0.2, 0) is 4.79 Å². The molecule has 0 aliphatic rings. The van der Waals surface area contributed by atoms with Gasteiger partial charge in [-0.15, -0.1) is 0 Å². The van der Waals surface area contributed by atoms with E-state index in [-0.39, 0.29) is 5.75 Å². The fourth-order valence-corrected chi connectivity index (χ4v) is 1.49. The van der Waals surface area contributed by atoms with Crippen LogP contribution in [0.2, 0.25) is 0 Å². The van der Waals surface area contributed by atoms with Crippen molar-refractivity contribution in [2.24, 2.45) is 0 Å². The van der Waals surface area contributed by atoms with E-state index in [4.69, 9.17) is 9.84 Å². The maximum absolute atomic E-state index is 12.9. The Bertz CT molecular complexity index is 575. The molecule has 7 nitrogen and oxygen atoms in total. The van der Waals surface area contributed by atoms with Crippen molar-refractivity contribution in [1.82, 2.24) is 0 Å². The quantitative estimate of drug-likeness (QED) is 0.640. The number of halogens is 3. The number of alkyl halides is 3. The van der Waals surface area contributed by atoms with Crippen LogP contribution in [0.5, 0.6) is 5.75 Å². The SMILES string of the molecule is COc1cccc(NC(C)(C(=O)O)C(F)(F)F)c1[N+](=O)[O-]. The smallest absolute Gasteiger partial charge is 0.422 e. The molecule has 1 atom stereocenters. The number of benzene rings is 1. The average molecular weight is 308 g/mol. The number of carboxylic acids is 1. The average Bonchev–Trinajstić information content (AvgIpc) is 2.36. The molecule has 0 radical (unpaired) electrons. The number of nitro benzene ring substituents is 1. The Morgan fingerprint density at radius 2 is 2.00 bits per heavy atom. The van der Waals surface area contributed by atoms with E-state index in [9.17, 15) is 28.1 Å². The Morgan fingerprint density at radius 1 is 1.43 bits per heavy atom. The summed E-state index contributed by atoms with van der Waals surface area (Å²) in [5.74, 6) is -2.51. The highest BCUT2D eigenvalue weighted by atomic mass is 19.4. The summed E-state index contributed by atoms with van der Waals surface area (Å²) in [4.78, 5) is 20.9. The molecule has 1 aromatic rings. The van der Waals surface area contributed by atoms with Crippen LogP contribution in [0.1, 0.15) is 6.92 Å². The third-order valence-corrected chi connectivity index (χ3v) is 2.78. The van der Waals surface area contributed by atoms with Crippen LogP contribution >= 0.6 is 0 Å². The van der Waals surface area contributed by atoms with Gasteiger partial charge in [-0.25, -0.2) is 4.79 Å². The lowest BCUT2D eigenvalue weighted by Crippen LogP contribution is -2.55. The molecule has 0 saturated carbocycles. The van der Waals surface area contributed by atoms with E-state index in [1.165, 1.54) is 12.1 Å². The van der Waals surface area contributed by atoms with Gasteiger partial charge in [0.25, 0.3) is 0 Å². The monoisotopic (exact) mass is 308 g/mol. The van der Waals surface area contributed by atoms with Crippen LogP contribution in [0.15, 0.2) is 18.2 Å². The van der Waals surface area contributed by atoms with Crippen molar-refractivity contribution in [3.8, 4) is 5.75 Å². The minimum absolute atomic E-state index is 0.292. The second-order valence-electron chi connectivity index (χ2n) is 4.17. The lowest BCUT2D eigenvalue weighted by molar-refractivity contribution is -0.384. The molecule has 0 saturated heterocycles. The number of ether oxygens (including phenoxy) is 1. The number of anilines is 1. The second-order valence-corrected chi connectivity index (χ2v) is 4.17. The number of hydrogen-bond acceptors (Lipinski definition) is 5. The first-order valence-electron chi connectivity index (χ1n) is 5.44. The maximum Gasteiger partial charge on any atom is 0.422 e. The highest BCUT2D eigenvalue weighted by molar-refractivity contribution is 5.85. The lowest BCUT2D eigenvalue weighted by atomic mass is 10.0. The van der Waals surface area contributed by atoms with Crippen molar-refractivity contribution in [2.45, 2.75) is 18.6 Å². The Kier molecular flexibility index (Phi) is 4.30. The summed E-state index contributed by atoms with van der Waals surface area (Å²) < 4.78 is 43.4. The molecule has 0 aliphatic heterocycles. The summed E-state index contributed by atoms with van der Waals surface area (Å²) in [6.07, 6.45) is -5.17. The second kappa shape index (κ2) is 5.46. The number of nitro groups is 1. The first-order chi connectivity index (χ1) is 9.54. The Labute approximate surface area is 116 Å². The molecule has 0 amide bonds. The van der Waals surface area contributed by atoms with Crippen LogP contribution in [0.3, 0.4) is 0 Å². The number of carboxylic acid groups (broad SMARTS) is 1. The maximum atomic E-state index is 12.9. The molecular formula is C11H11F3N2O5. The predicted octanol–water partition coefficient (Wildman–Crippen LogP) is 2.42.